The molecule has 0 aliphatic rings. The number of hydrazine groups is 1. The van der Waals surface area contributed by atoms with Crippen LogP contribution in [-0.4, -0.2) is 11.0 Å². The van der Waals surface area contributed by atoms with Crippen molar-refractivity contribution in [2.75, 3.05) is 5.32 Å². The maximum absolute atomic E-state index is 11.7. The number of rotatable bonds is 2. The summed E-state index contributed by atoms with van der Waals surface area (Å²) in [5, 5.41) is 5.76. The monoisotopic (exact) mass is 325 g/mol. The second-order valence-corrected chi connectivity index (χ2v) is 5.69. The van der Waals surface area contributed by atoms with Crippen LogP contribution in [0.1, 0.15) is 15.2 Å². The molecular formula is C13H12ClN3OS2. The van der Waals surface area contributed by atoms with Gasteiger partial charge in [0.25, 0.3) is 5.91 Å². The van der Waals surface area contributed by atoms with Crippen molar-refractivity contribution in [1.82, 2.24) is 10.9 Å². The van der Waals surface area contributed by atoms with Crippen molar-refractivity contribution in [2.45, 2.75) is 6.92 Å². The van der Waals surface area contributed by atoms with Gasteiger partial charge in [-0.3, -0.25) is 15.6 Å². The Balaban J connectivity index is 1.90. The number of anilines is 1. The van der Waals surface area contributed by atoms with Crippen LogP contribution in [0.5, 0.6) is 0 Å². The lowest BCUT2D eigenvalue weighted by Gasteiger charge is -2.13. The van der Waals surface area contributed by atoms with E-state index in [1.54, 1.807) is 12.1 Å². The van der Waals surface area contributed by atoms with Crippen molar-refractivity contribution in [3.8, 4) is 0 Å². The minimum absolute atomic E-state index is 0.230. The van der Waals surface area contributed by atoms with E-state index >= 15 is 0 Å². The lowest BCUT2D eigenvalue weighted by molar-refractivity contribution is 0.0948. The molecule has 0 aliphatic carbocycles. The fourth-order valence-electron chi connectivity index (χ4n) is 1.48. The van der Waals surface area contributed by atoms with Crippen LogP contribution in [0.25, 0.3) is 0 Å². The molecule has 3 N–H and O–H groups in total. The number of benzene rings is 1. The fourth-order valence-corrected chi connectivity index (χ4v) is 2.43. The van der Waals surface area contributed by atoms with Gasteiger partial charge in [-0.1, -0.05) is 23.7 Å². The minimum Gasteiger partial charge on any atom is -0.331 e. The fraction of sp³-hybridized carbons (Fsp3) is 0.0769. The van der Waals surface area contributed by atoms with E-state index in [1.165, 1.54) is 11.3 Å². The van der Waals surface area contributed by atoms with Gasteiger partial charge in [-0.2, -0.15) is 0 Å². The number of hydrogen-bond acceptors (Lipinski definition) is 3. The lowest BCUT2D eigenvalue weighted by Crippen LogP contribution is -2.43. The van der Waals surface area contributed by atoms with Crippen molar-refractivity contribution in [1.29, 1.82) is 0 Å². The van der Waals surface area contributed by atoms with Crippen LogP contribution in [0.4, 0.5) is 5.69 Å². The Kier molecular flexibility index (Phi) is 4.94. The van der Waals surface area contributed by atoms with Gasteiger partial charge < -0.3 is 5.32 Å². The third kappa shape index (κ3) is 3.69. The first-order valence-corrected chi connectivity index (χ1v) is 7.40. The summed E-state index contributed by atoms with van der Waals surface area (Å²) in [7, 11) is 0. The molecule has 1 aromatic carbocycles. The van der Waals surface area contributed by atoms with Gasteiger partial charge in [0.15, 0.2) is 5.11 Å². The van der Waals surface area contributed by atoms with Gasteiger partial charge in [0.1, 0.15) is 0 Å². The first-order chi connectivity index (χ1) is 9.58. The molecule has 0 saturated carbocycles. The maximum atomic E-state index is 11.7. The zero-order valence-corrected chi connectivity index (χ0v) is 13.0. The molecule has 0 saturated heterocycles. The molecule has 0 radical (unpaired) electrons. The predicted octanol–water partition coefficient (Wildman–Crippen LogP) is 3.34. The van der Waals surface area contributed by atoms with Gasteiger partial charge in [0.2, 0.25) is 0 Å². The molecule has 7 heteroatoms. The van der Waals surface area contributed by atoms with E-state index in [1.807, 2.05) is 30.5 Å². The predicted molar refractivity (Wildman–Crippen MR) is 87.3 cm³/mol. The van der Waals surface area contributed by atoms with Crippen molar-refractivity contribution in [3.05, 3.63) is 51.2 Å². The summed E-state index contributed by atoms with van der Waals surface area (Å²) in [5.74, 6) is -0.230. The highest BCUT2D eigenvalue weighted by molar-refractivity contribution is 7.80. The highest BCUT2D eigenvalue weighted by Crippen LogP contribution is 2.22. The molecule has 20 heavy (non-hydrogen) atoms. The van der Waals surface area contributed by atoms with Crippen LogP contribution in [0.15, 0.2) is 35.7 Å². The van der Waals surface area contributed by atoms with Crippen molar-refractivity contribution < 1.29 is 4.79 Å². The van der Waals surface area contributed by atoms with Gasteiger partial charge in [0.05, 0.1) is 4.88 Å². The number of thiophene rings is 1. The van der Waals surface area contributed by atoms with E-state index in [4.69, 9.17) is 23.8 Å². The van der Waals surface area contributed by atoms with E-state index in [0.29, 0.717) is 15.0 Å². The van der Waals surface area contributed by atoms with E-state index in [9.17, 15) is 4.79 Å². The normalized spacial score (nSPS) is 9.90. The average molecular weight is 326 g/mol. The highest BCUT2D eigenvalue weighted by Gasteiger charge is 2.07. The minimum atomic E-state index is -0.230. The summed E-state index contributed by atoms with van der Waals surface area (Å²) in [6.07, 6.45) is 0. The molecule has 1 amide bonds. The summed E-state index contributed by atoms with van der Waals surface area (Å²) in [6.45, 7) is 1.89. The van der Waals surface area contributed by atoms with Crippen molar-refractivity contribution in [2.24, 2.45) is 0 Å². The topological polar surface area (TPSA) is 53.2 Å². The van der Waals surface area contributed by atoms with Crippen molar-refractivity contribution in [3.63, 3.8) is 0 Å². The van der Waals surface area contributed by atoms with Crippen LogP contribution < -0.4 is 16.2 Å². The molecule has 1 heterocycles. The standard InChI is InChI=1S/C13H12ClN3OS2/c1-8-9(14)4-2-5-10(8)15-13(19)17-16-12(18)11-6-3-7-20-11/h2-7H,1H3,(H,16,18)(H2,15,17,19). The Labute approximate surface area is 131 Å². The Morgan fingerprint density at radius 1 is 1.25 bits per heavy atom. The molecular weight excluding hydrogens is 314 g/mol. The zero-order valence-electron chi connectivity index (χ0n) is 10.6. The van der Waals surface area contributed by atoms with E-state index in [-0.39, 0.29) is 5.91 Å². The summed E-state index contributed by atoms with van der Waals surface area (Å²) in [4.78, 5) is 12.3. The number of amides is 1. The first-order valence-electron chi connectivity index (χ1n) is 5.74. The Morgan fingerprint density at radius 3 is 2.75 bits per heavy atom. The largest absolute Gasteiger partial charge is 0.331 e. The van der Waals surface area contributed by atoms with Gasteiger partial charge in [-0.15, -0.1) is 11.3 Å². The molecule has 0 atom stereocenters. The van der Waals surface area contributed by atoms with Gasteiger partial charge >= 0.3 is 0 Å². The molecule has 1 aromatic heterocycles. The van der Waals surface area contributed by atoms with Crippen LogP contribution in [0.3, 0.4) is 0 Å². The van der Waals surface area contributed by atoms with Gasteiger partial charge in [-0.05, 0) is 48.3 Å². The Bertz CT molecular complexity index is 629. The van der Waals surface area contributed by atoms with E-state index < -0.39 is 0 Å². The first kappa shape index (κ1) is 14.8. The summed E-state index contributed by atoms with van der Waals surface area (Å²) in [5.41, 5.74) is 6.86. The van der Waals surface area contributed by atoms with E-state index in [0.717, 1.165) is 11.3 Å². The number of hydrogen-bond donors (Lipinski definition) is 3. The lowest BCUT2D eigenvalue weighted by atomic mass is 10.2. The highest BCUT2D eigenvalue weighted by atomic mass is 35.5. The molecule has 0 aliphatic heterocycles. The number of carbonyl (C=O) groups is 1. The van der Waals surface area contributed by atoms with Gasteiger partial charge in [0, 0.05) is 10.7 Å². The second kappa shape index (κ2) is 6.69. The summed E-state index contributed by atoms with van der Waals surface area (Å²) in [6, 6.07) is 9.03. The van der Waals surface area contributed by atoms with Crippen LogP contribution >= 0.6 is 35.2 Å². The third-order valence-electron chi connectivity index (χ3n) is 2.55. The number of thiocarbonyl (C=S) groups is 1. The average Bonchev–Trinajstić information content (AvgIpc) is 2.95. The summed E-state index contributed by atoms with van der Waals surface area (Å²) >= 11 is 12.5. The van der Waals surface area contributed by atoms with E-state index in [2.05, 4.69) is 16.2 Å². The SMILES string of the molecule is Cc1c(Cl)cccc1NC(=S)NNC(=O)c1cccs1. The van der Waals surface area contributed by atoms with Crippen LogP contribution in [-0.2, 0) is 0 Å². The zero-order chi connectivity index (χ0) is 14.5. The molecule has 2 rings (SSSR count). The molecule has 2 aromatic rings. The van der Waals surface area contributed by atoms with Crippen molar-refractivity contribution >= 4 is 51.9 Å². The smallest absolute Gasteiger partial charge is 0.279 e. The number of nitrogens with one attached hydrogen (secondary N) is 3. The van der Waals surface area contributed by atoms with Crippen LogP contribution in [0.2, 0.25) is 5.02 Å². The Hall–Kier alpha value is -1.63. The number of halogens is 1. The molecule has 0 spiro atoms. The molecule has 4 nitrogen and oxygen atoms in total. The molecule has 0 bridgehead atoms. The quantitative estimate of drug-likeness (QED) is 0.585. The molecule has 104 valence electrons. The maximum Gasteiger partial charge on any atom is 0.279 e. The molecule has 0 unspecified atom stereocenters. The summed E-state index contributed by atoms with van der Waals surface area (Å²) < 4.78 is 0. The second-order valence-electron chi connectivity index (χ2n) is 3.92. The Morgan fingerprint density at radius 2 is 2.05 bits per heavy atom. The molecule has 0 fully saturated rings. The van der Waals surface area contributed by atoms with Gasteiger partial charge in [-0.25, -0.2) is 0 Å². The third-order valence-corrected chi connectivity index (χ3v) is 4.03. The van der Waals surface area contributed by atoms with Crippen LogP contribution in [0, 0.1) is 6.92 Å². The number of carbonyl (C=O) groups excluding carboxylic acids is 1.